The Kier molecular flexibility index (Phi) is 5.80. The normalized spacial score (nSPS) is 26.6. The average molecular weight is 230 g/mol. The van der Waals surface area contributed by atoms with Gasteiger partial charge in [-0.15, -0.1) is 0 Å². The van der Waals surface area contributed by atoms with Gasteiger partial charge in [0.1, 0.15) is 0 Å². The van der Waals surface area contributed by atoms with Gasteiger partial charge in [0, 0.05) is 5.75 Å². The Labute approximate surface area is 96.6 Å². The molecule has 1 aliphatic rings. The maximum absolute atomic E-state index is 4.29. The monoisotopic (exact) mass is 230 g/mol. The van der Waals surface area contributed by atoms with Crippen LogP contribution in [0.5, 0.6) is 0 Å². The van der Waals surface area contributed by atoms with Gasteiger partial charge < -0.3 is 0 Å². The van der Waals surface area contributed by atoms with Crippen molar-refractivity contribution in [2.45, 2.75) is 26.7 Å². The van der Waals surface area contributed by atoms with Gasteiger partial charge in [-0.2, -0.15) is 12.6 Å². The molecule has 0 saturated heterocycles. The van der Waals surface area contributed by atoms with Gasteiger partial charge >= 0.3 is 0 Å². The molecule has 0 spiro atoms. The molecule has 1 unspecified atom stereocenters. The van der Waals surface area contributed by atoms with Crippen LogP contribution in [-0.2, 0) is 0 Å². The van der Waals surface area contributed by atoms with E-state index in [9.17, 15) is 0 Å². The van der Waals surface area contributed by atoms with E-state index in [0.717, 1.165) is 11.7 Å². The summed E-state index contributed by atoms with van der Waals surface area (Å²) in [6.45, 7) is 4.58. The van der Waals surface area contributed by atoms with Gasteiger partial charge in [-0.25, -0.2) is 10.9 Å². The molecule has 0 amide bonds. The first-order valence-corrected chi connectivity index (χ1v) is 7.86. The lowest BCUT2D eigenvalue weighted by molar-refractivity contribution is 0.593. The lowest BCUT2D eigenvalue weighted by atomic mass is 10.1. The van der Waals surface area contributed by atoms with Gasteiger partial charge in [0.25, 0.3) is 0 Å². The first-order chi connectivity index (χ1) is 6.72. The third-order valence-corrected chi connectivity index (χ3v) is 5.14. The molecule has 0 radical (unpaired) electrons. The Balaban J connectivity index is 2.24. The molecule has 1 heterocycles. The number of hydrogen-bond donors (Lipinski definition) is 2. The van der Waals surface area contributed by atoms with Crippen LogP contribution >= 0.6 is 23.5 Å². The predicted molar refractivity (Wildman–Crippen MR) is 73.9 cm³/mol. The molecule has 0 fully saturated rings. The Morgan fingerprint density at radius 1 is 1.57 bits per heavy atom. The van der Waals surface area contributed by atoms with Crippen LogP contribution in [0.2, 0.25) is 0 Å². The standard InChI is InChI=1S/C12H22S2/c1-11(2)4-3-5-12-6-8-14(10-12)9-7-13/h5-6,8,11,13-14H,3-4,7,9-10H2,1-2H3. The first kappa shape index (κ1) is 12.3. The minimum atomic E-state index is 0.158. The molecule has 0 bridgehead atoms. The van der Waals surface area contributed by atoms with E-state index in [1.165, 1.54) is 24.3 Å². The van der Waals surface area contributed by atoms with E-state index in [0.29, 0.717) is 0 Å². The Morgan fingerprint density at radius 2 is 2.36 bits per heavy atom. The van der Waals surface area contributed by atoms with Gasteiger partial charge in [0.15, 0.2) is 0 Å². The van der Waals surface area contributed by atoms with E-state index in [2.05, 4.69) is 44.0 Å². The fraction of sp³-hybridized carbons (Fsp3) is 0.667. The van der Waals surface area contributed by atoms with Crippen molar-refractivity contribution in [3.63, 3.8) is 0 Å². The van der Waals surface area contributed by atoms with Crippen molar-refractivity contribution in [1.29, 1.82) is 0 Å². The minimum absolute atomic E-state index is 0.158. The molecule has 0 nitrogen and oxygen atoms in total. The van der Waals surface area contributed by atoms with Crippen molar-refractivity contribution in [2.24, 2.45) is 5.92 Å². The van der Waals surface area contributed by atoms with Crippen molar-refractivity contribution in [2.75, 3.05) is 17.3 Å². The molecule has 0 aromatic carbocycles. The maximum Gasteiger partial charge on any atom is 0.00305 e. The SMILES string of the molecule is CC(C)CCC=C1C=C[SH](CCS)C1. The quantitative estimate of drug-likeness (QED) is 0.659. The highest BCUT2D eigenvalue weighted by Crippen LogP contribution is 2.36. The summed E-state index contributed by atoms with van der Waals surface area (Å²) in [6, 6.07) is 0. The van der Waals surface area contributed by atoms with Gasteiger partial charge in [0.2, 0.25) is 0 Å². The number of thiol groups is 2. The zero-order valence-corrected chi connectivity index (χ0v) is 11.0. The molecule has 82 valence electrons. The Morgan fingerprint density at radius 3 is 3.00 bits per heavy atom. The second-order valence-corrected chi connectivity index (χ2v) is 6.95. The topological polar surface area (TPSA) is 0 Å². The van der Waals surface area contributed by atoms with Crippen LogP contribution in [0.1, 0.15) is 26.7 Å². The van der Waals surface area contributed by atoms with E-state index in [1.54, 1.807) is 5.57 Å². The van der Waals surface area contributed by atoms with Gasteiger partial charge in [-0.1, -0.05) is 26.0 Å². The summed E-state index contributed by atoms with van der Waals surface area (Å²) in [6.07, 6.45) is 7.33. The Bertz CT molecular complexity index is 216. The summed E-state index contributed by atoms with van der Waals surface area (Å²) < 4.78 is 0. The van der Waals surface area contributed by atoms with Crippen LogP contribution in [-0.4, -0.2) is 17.3 Å². The third kappa shape index (κ3) is 4.61. The summed E-state index contributed by atoms with van der Waals surface area (Å²) in [7, 11) is 0.158. The predicted octanol–water partition coefficient (Wildman–Crippen LogP) is 3.81. The van der Waals surface area contributed by atoms with Crippen molar-refractivity contribution >= 4 is 23.5 Å². The van der Waals surface area contributed by atoms with Crippen molar-refractivity contribution in [1.82, 2.24) is 0 Å². The highest BCUT2D eigenvalue weighted by molar-refractivity contribution is 8.20. The van der Waals surface area contributed by atoms with Gasteiger partial charge in [0.05, 0.1) is 0 Å². The van der Waals surface area contributed by atoms with Crippen molar-refractivity contribution < 1.29 is 0 Å². The zero-order valence-electron chi connectivity index (χ0n) is 9.24. The second kappa shape index (κ2) is 6.62. The smallest absolute Gasteiger partial charge is 0.00305 e. The molecule has 2 heteroatoms. The minimum Gasteiger partial charge on any atom is -0.229 e. The van der Waals surface area contributed by atoms with Crippen LogP contribution < -0.4 is 0 Å². The first-order valence-electron chi connectivity index (χ1n) is 5.44. The average Bonchev–Trinajstić information content (AvgIpc) is 2.53. The van der Waals surface area contributed by atoms with Crippen LogP contribution in [0.3, 0.4) is 0 Å². The molecule has 1 atom stereocenters. The molecule has 1 aliphatic heterocycles. The fourth-order valence-corrected chi connectivity index (χ4v) is 4.10. The summed E-state index contributed by atoms with van der Waals surface area (Å²) in [4.78, 5) is 0. The summed E-state index contributed by atoms with van der Waals surface area (Å²) in [5, 5.41) is 2.41. The van der Waals surface area contributed by atoms with Gasteiger partial charge in [-0.3, -0.25) is 0 Å². The molecular weight excluding hydrogens is 208 g/mol. The summed E-state index contributed by atoms with van der Waals surface area (Å²) in [5.41, 5.74) is 1.57. The van der Waals surface area contributed by atoms with E-state index in [1.807, 2.05) is 0 Å². The second-order valence-electron chi connectivity index (χ2n) is 4.26. The highest BCUT2D eigenvalue weighted by atomic mass is 32.2. The van der Waals surface area contributed by atoms with Crippen LogP contribution in [0.15, 0.2) is 23.1 Å². The molecule has 0 aliphatic carbocycles. The largest absolute Gasteiger partial charge is 0.229 e. The van der Waals surface area contributed by atoms with E-state index in [-0.39, 0.29) is 10.9 Å². The highest BCUT2D eigenvalue weighted by Gasteiger charge is 2.07. The zero-order chi connectivity index (χ0) is 10.4. The molecule has 0 aromatic heterocycles. The van der Waals surface area contributed by atoms with Gasteiger partial charge in [-0.05, 0) is 41.2 Å². The molecule has 14 heavy (non-hydrogen) atoms. The van der Waals surface area contributed by atoms with Crippen LogP contribution in [0.25, 0.3) is 0 Å². The number of allylic oxidation sites excluding steroid dienone is 2. The molecule has 1 rings (SSSR count). The lowest BCUT2D eigenvalue weighted by Crippen LogP contribution is -1.90. The third-order valence-electron chi connectivity index (χ3n) is 2.42. The van der Waals surface area contributed by atoms with E-state index < -0.39 is 0 Å². The van der Waals surface area contributed by atoms with Crippen molar-refractivity contribution in [3.05, 3.63) is 23.1 Å². The lowest BCUT2D eigenvalue weighted by Gasteiger charge is -2.09. The molecule has 0 aromatic rings. The Hall–Kier alpha value is 0.180. The van der Waals surface area contributed by atoms with Crippen LogP contribution in [0, 0.1) is 5.92 Å². The molecule has 0 saturated carbocycles. The molecule has 0 N–H and O–H groups in total. The van der Waals surface area contributed by atoms with Crippen LogP contribution in [0.4, 0.5) is 0 Å². The summed E-state index contributed by atoms with van der Waals surface area (Å²) >= 11 is 4.29. The fourth-order valence-electron chi connectivity index (χ4n) is 1.56. The summed E-state index contributed by atoms with van der Waals surface area (Å²) in [5.74, 6) is 4.47. The van der Waals surface area contributed by atoms with Crippen molar-refractivity contribution in [3.8, 4) is 0 Å². The maximum atomic E-state index is 4.29. The number of hydrogen-bond acceptors (Lipinski definition) is 1. The van der Waals surface area contributed by atoms with E-state index >= 15 is 0 Å². The van der Waals surface area contributed by atoms with E-state index in [4.69, 9.17) is 0 Å². The number of rotatable bonds is 5. The molecular formula is C12H22S2.